The Balaban J connectivity index is -0.000000117. The lowest BCUT2D eigenvalue weighted by molar-refractivity contribution is -0.115. The van der Waals surface area contributed by atoms with E-state index in [9.17, 15) is 9.59 Å². The van der Waals surface area contributed by atoms with Crippen molar-refractivity contribution < 1.29 is 9.59 Å². The summed E-state index contributed by atoms with van der Waals surface area (Å²) < 4.78 is 0. The van der Waals surface area contributed by atoms with Gasteiger partial charge in [0.05, 0.1) is 0 Å². The van der Waals surface area contributed by atoms with Crippen molar-refractivity contribution >= 4 is 11.6 Å². The SMILES string of the molecule is CC(C)=O.CC(C)=O.CCCCC. The summed E-state index contributed by atoms with van der Waals surface area (Å²) in [6.07, 6.45) is 4.08. The molecule has 13 heavy (non-hydrogen) atoms. The first kappa shape index (κ1) is 18.2. The van der Waals surface area contributed by atoms with Crippen molar-refractivity contribution in [1.29, 1.82) is 0 Å². The van der Waals surface area contributed by atoms with E-state index in [1.807, 2.05) is 0 Å². The molecule has 80 valence electrons. The molecule has 0 spiro atoms. The second-order valence-electron chi connectivity index (χ2n) is 3.17. The van der Waals surface area contributed by atoms with Gasteiger partial charge in [-0.3, -0.25) is 0 Å². The van der Waals surface area contributed by atoms with Crippen LogP contribution in [0.15, 0.2) is 0 Å². The normalized spacial score (nSPS) is 7.23. The van der Waals surface area contributed by atoms with Gasteiger partial charge in [-0.05, 0) is 27.7 Å². The van der Waals surface area contributed by atoms with E-state index < -0.39 is 0 Å². The molecule has 0 unspecified atom stereocenters. The summed E-state index contributed by atoms with van der Waals surface area (Å²) in [6.45, 7) is 10.5. The molecule has 0 bridgehead atoms. The Labute approximate surface area is 82.7 Å². The summed E-state index contributed by atoms with van der Waals surface area (Å²) >= 11 is 0. The minimum Gasteiger partial charge on any atom is -0.300 e. The van der Waals surface area contributed by atoms with E-state index in [0.717, 1.165) is 0 Å². The Hall–Kier alpha value is -0.660. The average molecular weight is 188 g/mol. The summed E-state index contributed by atoms with van der Waals surface area (Å²) in [5.41, 5.74) is 0. The van der Waals surface area contributed by atoms with Crippen LogP contribution < -0.4 is 0 Å². The molecule has 0 aliphatic carbocycles. The lowest BCUT2D eigenvalue weighted by Gasteiger charge is -1.79. The molecule has 2 heteroatoms. The van der Waals surface area contributed by atoms with Crippen molar-refractivity contribution in [3.8, 4) is 0 Å². The highest BCUT2D eigenvalue weighted by atomic mass is 16.1. The molecule has 0 amide bonds. The van der Waals surface area contributed by atoms with Gasteiger partial charge in [-0.2, -0.15) is 0 Å². The molecule has 0 aromatic rings. The van der Waals surface area contributed by atoms with Crippen LogP contribution in [0.4, 0.5) is 0 Å². The molecule has 0 aliphatic rings. The van der Waals surface area contributed by atoms with Gasteiger partial charge in [-0.1, -0.05) is 33.1 Å². The van der Waals surface area contributed by atoms with Crippen LogP contribution in [0.2, 0.25) is 0 Å². The maximum Gasteiger partial charge on any atom is 0.126 e. The Morgan fingerprint density at radius 1 is 0.769 bits per heavy atom. The van der Waals surface area contributed by atoms with E-state index in [0.29, 0.717) is 0 Å². The van der Waals surface area contributed by atoms with Crippen LogP contribution in [0, 0.1) is 0 Å². The Bertz CT molecular complexity index is 95.3. The summed E-state index contributed by atoms with van der Waals surface area (Å²) in [5, 5.41) is 0. The summed E-state index contributed by atoms with van der Waals surface area (Å²) in [4.78, 5) is 18.9. The largest absolute Gasteiger partial charge is 0.300 e. The number of carbonyl (C=O) groups is 2. The molecular weight excluding hydrogens is 164 g/mol. The number of hydrogen-bond donors (Lipinski definition) is 0. The van der Waals surface area contributed by atoms with Gasteiger partial charge in [-0.25, -0.2) is 0 Å². The minimum atomic E-state index is 0.167. The number of hydrogen-bond acceptors (Lipinski definition) is 2. The topological polar surface area (TPSA) is 34.1 Å². The molecule has 0 atom stereocenters. The molecule has 0 aromatic carbocycles. The monoisotopic (exact) mass is 188 g/mol. The number of rotatable bonds is 2. The molecule has 0 saturated carbocycles. The summed E-state index contributed by atoms with van der Waals surface area (Å²) in [7, 11) is 0. The molecule has 0 aliphatic heterocycles. The van der Waals surface area contributed by atoms with Gasteiger partial charge < -0.3 is 9.59 Å². The predicted octanol–water partition coefficient (Wildman–Crippen LogP) is 3.39. The van der Waals surface area contributed by atoms with Crippen LogP contribution in [-0.4, -0.2) is 11.6 Å². The molecule has 0 fully saturated rings. The van der Waals surface area contributed by atoms with Crippen molar-refractivity contribution in [2.75, 3.05) is 0 Å². The van der Waals surface area contributed by atoms with Crippen molar-refractivity contribution in [2.45, 2.75) is 60.8 Å². The second kappa shape index (κ2) is 17.4. The van der Waals surface area contributed by atoms with Crippen molar-refractivity contribution in [3.05, 3.63) is 0 Å². The first-order valence-electron chi connectivity index (χ1n) is 4.82. The quantitative estimate of drug-likeness (QED) is 0.665. The number of unbranched alkanes of at least 4 members (excludes halogenated alkanes) is 2. The maximum absolute atomic E-state index is 9.44. The van der Waals surface area contributed by atoms with Crippen LogP contribution in [0.5, 0.6) is 0 Å². The molecular formula is C11H24O2. The third-order valence-corrected chi connectivity index (χ3v) is 0.707. The Morgan fingerprint density at radius 2 is 0.923 bits per heavy atom. The molecule has 0 saturated heterocycles. The fraction of sp³-hybridized carbons (Fsp3) is 0.818. The van der Waals surface area contributed by atoms with E-state index >= 15 is 0 Å². The van der Waals surface area contributed by atoms with Crippen LogP contribution in [0.1, 0.15) is 60.8 Å². The van der Waals surface area contributed by atoms with Gasteiger partial charge in [-0.15, -0.1) is 0 Å². The van der Waals surface area contributed by atoms with Crippen molar-refractivity contribution in [2.24, 2.45) is 0 Å². The standard InChI is InChI=1S/C5H12.2C3H6O/c1-3-5-4-2;2*1-3(2)4/h3-5H2,1-2H3;2*1-2H3. The van der Waals surface area contributed by atoms with Gasteiger partial charge in [0.2, 0.25) is 0 Å². The third kappa shape index (κ3) is 551. The van der Waals surface area contributed by atoms with Gasteiger partial charge in [0.1, 0.15) is 11.6 Å². The van der Waals surface area contributed by atoms with Crippen LogP contribution in [0.3, 0.4) is 0 Å². The van der Waals surface area contributed by atoms with Gasteiger partial charge >= 0.3 is 0 Å². The highest BCUT2D eigenvalue weighted by Gasteiger charge is 1.68. The van der Waals surface area contributed by atoms with E-state index in [1.165, 1.54) is 47.0 Å². The highest BCUT2D eigenvalue weighted by molar-refractivity contribution is 5.72. The van der Waals surface area contributed by atoms with Crippen LogP contribution >= 0.6 is 0 Å². The van der Waals surface area contributed by atoms with Crippen LogP contribution in [0.25, 0.3) is 0 Å². The highest BCUT2D eigenvalue weighted by Crippen LogP contribution is 1.88. The molecule has 0 N–H and O–H groups in total. The predicted molar refractivity (Wildman–Crippen MR) is 57.9 cm³/mol. The van der Waals surface area contributed by atoms with Gasteiger partial charge in [0, 0.05) is 0 Å². The summed E-state index contributed by atoms with van der Waals surface area (Å²) in [5.74, 6) is 0.333. The van der Waals surface area contributed by atoms with Gasteiger partial charge in [0.15, 0.2) is 0 Å². The van der Waals surface area contributed by atoms with Crippen LogP contribution in [-0.2, 0) is 9.59 Å². The maximum atomic E-state index is 9.44. The van der Waals surface area contributed by atoms with Crippen molar-refractivity contribution in [1.82, 2.24) is 0 Å². The van der Waals surface area contributed by atoms with E-state index in [1.54, 1.807) is 0 Å². The zero-order chi connectivity index (χ0) is 11.3. The Kier molecular flexibility index (Phi) is 24.4. The first-order chi connectivity index (χ1) is 5.88. The molecule has 0 rings (SSSR count). The number of carbonyl (C=O) groups excluding carboxylic acids is 2. The molecule has 2 nitrogen and oxygen atoms in total. The van der Waals surface area contributed by atoms with E-state index in [2.05, 4.69) is 13.8 Å². The molecule has 0 radical (unpaired) electrons. The average Bonchev–Trinajstić information content (AvgIpc) is 1.86. The fourth-order valence-corrected chi connectivity index (χ4v) is 0.354. The fourth-order valence-electron chi connectivity index (χ4n) is 0.354. The second-order valence-corrected chi connectivity index (χ2v) is 3.17. The van der Waals surface area contributed by atoms with Gasteiger partial charge in [0.25, 0.3) is 0 Å². The lowest BCUT2D eigenvalue weighted by Crippen LogP contribution is -1.69. The smallest absolute Gasteiger partial charge is 0.126 e. The zero-order valence-electron chi connectivity index (χ0n) is 9.94. The van der Waals surface area contributed by atoms with E-state index in [-0.39, 0.29) is 11.6 Å². The third-order valence-electron chi connectivity index (χ3n) is 0.707. The van der Waals surface area contributed by atoms with Crippen molar-refractivity contribution in [3.63, 3.8) is 0 Å². The number of Topliss-reactive ketones (excluding diaryl/α,β-unsaturated/α-hetero) is 2. The summed E-state index contributed by atoms with van der Waals surface area (Å²) in [6, 6.07) is 0. The van der Waals surface area contributed by atoms with E-state index in [4.69, 9.17) is 0 Å². The number of ketones is 2. The molecule has 0 aromatic heterocycles. The zero-order valence-corrected chi connectivity index (χ0v) is 9.94. The first-order valence-corrected chi connectivity index (χ1v) is 4.82. The minimum absolute atomic E-state index is 0.167. The lowest BCUT2D eigenvalue weighted by atomic mass is 10.3. The molecule has 0 heterocycles. The Morgan fingerprint density at radius 3 is 0.923 bits per heavy atom.